The molecule has 0 spiro atoms. The SMILES string of the molecule is COCCn1c(-c2cccs2)nc2c(c(=O)c3ccccc3n2C)c1=O. The van der Waals surface area contributed by atoms with Gasteiger partial charge in [0.05, 0.1) is 23.5 Å². The van der Waals surface area contributed by atoms with Gasteiger partial charge >= 0.3 is 0 Å². The van der Waals surface area contributed by atoms with Gasteiger partial charge in [-0.2, -0.15) is 0 Å². The van der Waals surface area contributed by atoms with Crippen LogP contribution in [0.4, 0.5) is 0 Å². The molecule has 0 aliphatic rings. The molecule has 0 aliphatic heterocycles. The Hall–Kier alpha value is -2.77. The molecule has 0 amide bonds. The minimum atomic E-state index is -0.332. The first kappa shape index (κ1) is 16.7. The second-order valence-electron chi connectivity index (χ2n) is 5.97. The van der Waals surface area contributed by atoms with Crippen molar-refractivity contribution in [3.8, 4) is 10.7 Å². The molecule has 1 aromatic carbocycles. The smallest absolute Gasteiger partial charge is 0.267 e. The molecule has 0 N–H and O–H groups in total. The molecule has 3 aromatic heterocycles. The van der Waals surface area contributed by atoms with Crippen molar-refractivity contribution in [2.24, 2.45) is 7.05 Å². The number of hydrogen-bond donors (Lipinski definition) is 0. The fraction of sp³-hybridized carbons (Fsp3) is 0.211. The van der Waals surface area contributed by atoms with Gasteiger partial charge in [-0.15, -0.1) is 11.3 Å². The minimum absolute atomic E-state index is 0.114. The number of para-hydroxylation sites is 1. The van der Waals surface area contributed by atoms with Gasteiger partial charge in [0.2, 0.25) is 5.43 Å². The highest BCUT2D eigenvalue weighted by molar-refractivity contribution is 7.13. The van der Waals surface area contributed by atoms with E-state index in [0.717, 1.165) is 10.4 Å². The van der Waals surface area contributed by atoms with Crippen LogP contribution in [0.3, 0.4) is 0 Å². The Labute approximate surface area is 152 Å². The number of ether oxygens (including phenoxy) is 1. The van der Waals surface area contributed by atoms with Gasteiger partial charge in [-0.05, 0) is 23.6 Å². The first-order chi connectivity index (χ1) is 12.6. The highest BCUT2D eigenvalue weighted by Crippen LogP contribution is 2.24. The van der Waals surface area contributed by atoms with Crippen molar-refractivity contribution >= 4 is 33.3 Å². The van der Waals surface area contributed by atoms with Crippen molar-refractivity contribution in [2.45, 2.75) is 6.54 Å². The van der Waals surface area contributed by atoms with E-state index in [2.05, 4.69) is 0 Å². The van der Waals surface area contributed by atoms with E-state index in [1.807, 2.05) is 41.3 Å². The van der Waals surface area contributed by atoms with Crippen LogP contribution in [0.1, 0.15) is 0 Å². The second-order valence-corrected chi connectivity index (χ2v) is 6.91. The molecule has 3 heterocycles. The van der Waals surface area contributed by atoms with Gasteiger partial charge in [0.25, 0.3) is 5.56 Å². The summed E-state index contributed by atoms with van der Waals surface area (Å²) in [7, 11) is 3.41. The molecular formula is C19H17N3O3S. The lowest BCUT2D eigenvalue weighted by molar-refractivity contribution is 0.186. The zero-order chi connectivity index (χ0) is 18.3. The average molecular weight is 367 g/mol. The van der Waals surface area contributed by atoms with Gasteiger partial charge in [0.15, 0.2) is 11.5 Å². The van der Waals surface area contributed by atoms with Gasteiger partial charge in [-0.3, -0.25) is 14.2 Å². The van der Waals surface area contributed by atoms with Gasteiger partial charge in [0.1, 0.15) is 5.39 Å². The summed E-state index contributed by atoms with van der Waals surface area (Å²) >= 11 is 1.50. The Morgan fingerprint density at radius 2 is 1.96 bits per heavy atom. The number of hydrogen-bond acceptors (Lipinski definition) is 5. The molecule has 6 nitrogen and oxygen atoms in total. The Bertz CT molecular complexity index is 1220. The van der Waals surface area contributed by atoms with E-state index in [1.165, 1.54) is 15.9 Å². The lowest BCUT2D eigenvalue weighted by Gasteiger charge is -2.15. The molecule has 4 aromatic rings. The number of methoxy groups -OCH3 is 1. The minimum Gasteiger partial charge on any atom is -0.383 e. The molecule has 4 rings (SSSR count). The molecule has 132 valence electrons. The topological polar surface area (TPSA) is 66.1 Å². The normalized spacial score (nSPS) is 11.5. The number of benzene rings is 1. The van der Waals surface area contributed by atoms with Gasteiger partial charge in [0, 0.05) is 19.5 Å². The van der Waals surface area contributed by atoms with Crippen LogP contribution in [0.5, 0.6) is 0 Å². The van der Waals surface area contributed by atoms with Crippen molar-refractivity contribution in [3.63, 3.8) is 0 Å². The molecule has 0 atom stereocenters. The van der Waals surface area contributed by atoms with E-state index >= 15 is 0 Å². The van der Waals surface area contributed by atoms with Crippen LogP contribution in [0.25, 0.3) is 32.6 Å². The van der Waals surface area contributed by atoms with E-state index in [9.17, 15) is 9.59 Å². The maximum atomic E-state index is 13.2. The van der Waals surface area contributed by atoms with Gasteiger partial charge in [-0.1, -0.05) is 18.2 Å². The maximum Gasteiger partial charge on any atom is 0.267 e. The van der Waals surface area contributed by atoms with E-state index in [4.69, 9.17) is 9.72 Å². The molecule has 7 heteroatoms. The van der Waals surface area contributed by atoms with Crippen LogP contribution in [-0.4, -0.2) is 27.8 Å². The monoisotopic (exact) mass is 367 g/mol. The lowest BCUT2D eigenvalue weighted by Crippen LogP contribution is -2.30. The van der Waals surface area contributed by atoms with Crippen LogP contribution in [0, 0.1) is 0 Å². The summed E-state index contributed by atoms with van der Waals surface area (Å²) in [6.07, 6.45) is 0. The Morgan fingerprint density at radius 1 is 1.15 bits per heavy atom. The number of fused-ring (bicyclic) bond motifs is 2. The molecular weight excluding hydrogens is 350 g/mol. The number of rotatable bonds is 4. The number of thiophene rings is 1. The highest BCUT2D eigenvalue weighted by atomic mass is 32.1. The van der Waals surface area contributed by atoms with Crippen LogP contribution < -0.4 is 11.0 Å². The van der Waals surface area contributed by atoms with E-state index in [1.54, 1.807) is 19.2 Å². The standard InChI is InChI=1S/C19H17N3O3S/c1-21-13-7-4-3-6-12(13)16(23)15-18(21)20-17(14-8-5-11-26-14)22(19(15)24)9-10-25-2/h3-8,11H,9-10H2,1-2H3. The van der Waals surface area contributed by atoms with Crippen molar-refractivity contribution in [1.82, 2.24) is 14.1 Å². The lowest BCUT2D eigenvalue weighted by atomic mass is 10.1. The molecule has 0 saturated heterocycles. The summed E-state index contributed by atoms with van der Waals surface area (Å²) < 4.78 is 8.49. The third-order valence-corrected chi connectivity index (χ3v) is 5.33. The van der Waals surface area contributed by atoms with Crippen LogP contribution in [0.15, 0.2) is 51.4 Å². The molecule has 0 aliphatic carbocycles. The van der Waals surface area contributed by atoms with E-state index < -0.39 is 0 Å². The quantitative estimate of drug-likeness (QED) is 0.520. The zero-order valence-corrected chi connectivity index (χ0v) is 15.2. The van der Waals surface area contributed by atoms with Crippen LogP contribution >= 0.6 is 11.3 Å². The number of aryl methyl sites for hydroxylation is 1. The molecule has 26 heavy (non-hydrogen) atoms. The fourth-order valence-electron chi connectivity index (χ4n) is 3.18. The Kier molecular flexibility index (Phi) is 4.18. The number of pyridine rings is 1. The first-order valence-corrected chi connectivity index (χ1v) is 9.06. The number of nitrogens with zero attached hydrogens (tertiary/aromatic N) is 3. The summed E-state index contributed by atoms with van der Waals surface area (Å²) in [4.78, 5) is 31.8. The second kappa shape index (κ2) is 6.51. The van der Waals surface area contributed by atoms with Crippen LogP contribution in [-0.2, 0) is 18.3 Å². The first-order valence-electron chi connectivity index (χ1n) is 8.18. The number of aromatic nitrogens is 3. The summed E-state index contributed by atoms with van der Waals surface area (Å²) in [5.74, 6) is 0.555. The maximum absolute atomic E-state index is 13.2. The third-order valence-electron chi connectivity index (χ3n) is 4.47. The molecule has 0 unspecified atom stereocenters. The third kappa shape index (κ3) is 2.48. The van der Waals surface area contributed by atoms with E-state index in [0.29, 0.717) is 30.0 Å². The average Bonchev–Trinajstić information content (AvgIpc) is 3.19. The summed E-state index contributed by atoms with van der Waals surface area (Å²) in [5, 5.41) is 2.57. The zero-order valence-electron chi connectivity index (χ0n) is 14.4. The Balaban J connectivity index is 2.18. The van der Waals surface area contributed by atoms with Crippen molar-refractivity contribution < 1.29 is 4.74 Å². The van der Waals surface area contributed by atoms with Crippen molar-refractivity contribution in [1.29, 1.82) is 0 Å². The van der Waals surface area contributed by atoms with Crippen molar-refractivity contribution in [3.05, 3.63) is 62.4 Å². The molecule has 0 radical (unpaired) electrons. The predicted molar refractivity (Wildman–Crippen MR) is 104 cm³/mol. The Morgan fingerprint density at radius 3 is 2.69 bits per heavy atom. The predicted octanol–water partition coefficient (Wildman–Crippen LogP) is 2.62. The van der Waals surface area contributed by atoms with Gasteiger partial charge < -0.3 is 9.30 Å². The van der Waals surface area contributed by atoms with Crippen molar-refractivity contribution in [2.75, 3.05) is 13.7 Å². The highest BCUT2D eigenvalue weighted by Gasteiger charge is 2.19. The van der Waals surface area contributed by atoms with Gasteiger partial charge in [-0.25, -0.2) is 4.98 Å². The van der Waals surface area contributed by atoms with E-state index in [-0.39, 0.29) is 16.4 Å². The molecule has 0 saturated carbocycles. The fourth-order valence-corrected chi connectivity index (χ4v) is 3.90. The molecule has 0 fully saturated rings. The molecule has 0 bridgehead atoms. The summed E-state index contributed by atoms with van der Waals surface area (Å²) in [6.45, 7) is 0.695. The largest absolute Gasteiger partial charge is 0.383 e. The van der Waals surface area contributed by atoms with Crippen LogP contribution in [0.2, 0.25) is 0 Å². The summed E-state index contributed by atoms with van der Waals surface area (Å²) in [5.41, 5.74) is 0.538. The summed E-state index contributed by atoms with van der Waals surface area (Å²) in [6, 6.07) is 11.1.